The van der Waals surface area contributed by atoms with Crippen molar-refractivity contribution < 1.29 is 30.0 Å². The van der Waals surface area contributed by atoms with Crippen molar-refractivity contribution in [1.82, 2.24) is 9.97 Å². The third-order valence-corrected chi connectivity index (χ3v) is 13.0. The van der Waals surface area contributed by atoms with Gasteiger partial charge in [0, 0.05) is 32.4 Å². The minimum atomic E-state index is -2.34. The van der Waals surface area contributed by atoms with Gasteiger partial charge in [0.05, 0.1) is 0 Å². The number of hydrogen-bond donors (Lipinski definition) is 0. The Morgan fingerprint density at radius 2 is 1.69 bits per heavy atom. The summed E-state index contributed by atoms with van der Waals surface area (Å²) < 4.78 is 48.7. The molecular formula is C39H41FGeIrN2S-2. The van der Waals surface area contributed by atoms with Crippen molar-refractivity contribution in [3.63, 3.8) is 0 Å². The summed E-state index contributed by atoms with van der Waals surface area (Å²) in [6.07, 6.45) is 4.60. The maximum atomic E-state index is 14.5. The summed E-state index contributed by atoms with van der Waals surface area (Å²) in [5, 5.41) is 2.52. The molecule has 3 heterocycles. The SMILES string of the molecule is [2H]C(C)(C)c1ccnc(-c2[c-]ccc3c2sc2ccccc23)c1.[2H]C([2H])([2H])c1c[c-]c(-c2cc(CC(C)C)[c]([Ge]([CH3])([CH3])[CH3])cn2)c(F)c1.[Ir]. The van der Waals surface area contributed by atoms with E-state index < -0.39 is 31.8 Å². The second-order valence-corrected chi connectivity index (χ2v) is 24.4. The van der Waals surface area contributed by atoms with Crippen molar-refractivity contribution in [3.8, 4) is 22.5 Å². The van der Waals surface area contributed by atoms with Crippen molar-refractivity contribution >= 4 is 49.2 Å². The first kappa shape index (κ1) is 29.7. The minimum Gasteiger partial charge on any atom is 0 e. The number of thiophene rings is 1. The van der Waals surface area contributed by atoms with Crippen LogP contribution < -0.4 is 4.40 Å². The molecule has 235 valence electrons. The number of nitrogens with zero attached hydrogens (tertiary/aromatic N) is 2. The second-order valence-electron chi connectivity index (χ2n) is 12.8. The largest absolute Gasteiger partial charge is 0 e. The molecule has 0 aliphatic rings. The summed E-state index contributed by atoms with van der Waals surface area (Å²) in [6, 6.07) is 27.0. The molecule has 3 aromatic heterocycles. The smallest absolute Gasteiger partial charge is 0 e. The first-order valence-corrected chi connectivity index (χ1v) is 23.1. The van der Waals surface area contributed by atoms with Crippen LogP contribution in [0.2, 0.25) is 17.3 Å². The van der Waals surface area contributed by atoms with Crippen molar-refractivity contribution in [1.29, 1.82) is 0 Å². The molecule has 6 rings (SSSR count). The molecule has 6 heteroatoms. The van der Waals surface area contributed by atoms with Gasteiger partial charge in [-0.2, -0.15) is 11.3 Å². The summed E-state index contributed by atoms with van der Waals surface area (Å²) in [5.41, 5.74) is 4.80. The van der Waals surface area contributed by atoms with Crippen molar-refractivity contribution in [2.75, 3.05) is 0 Å². The fourth-order valence-corrected chi connectivity index (χ4v) is 9.89. The first-order valence-electron chi connectivity index (χ1n) is 16.9. The van der Waals surface area contributed by atoms with Crippen LogP contribution in [0.4, 0.5) is 4.39 Å². The molecule has 0 bridgehead atoms. The zero-order chi connectivity index (χ0) is 35.0. The fraction of sp³-hybridized carbons (Fsp3) is 0.282. The number of aromatic nitrogens is 2. The fourth-order valence-electron chi connectivity index (χ4n) is 5.34. The molecule has 0 atom stereocenters. The number of aryl methyl sites for hydroxylation is 1. The summed E-state index contributed by atoms with van der Waals surface area (Å²) in [7, 11) is 0. The number of benzene rings is 3. The molecule has 6 aromatic rings. The molecule has 0 aliphatic heterocycles. The monoisotopic (exact) mass is 859 g/mol. The Balaban J connectivity index is 0.000000217. The Hall–Kier alpha value is -2.70. The van der Waals surface area contributed by atoms with Crippen LogP contribution in [-0.2, 0) is 26.5 Å². The van der Waals surface area contributed by atoms with Crippen LogP contribution in [0.15, 0.2) is 79.1 Å². The van der Waals surface area contributed by atoms with Crippen LogP contribution in [0.3, 0.4) is 0 Å². The van der Waals surface area contributed by atoms with Gasteiger partial charge in [0.2, 0.25) is 0 Å². The maximum Gasteiger partial charge on any atom is 0 e. The Kier molecular flexibility index (Phi) is 9.77. The van der Waals surface area contributed by atoms with Gasteiger partial charge in [-0.25, -0.2) is 0 Å². The Morgan fingerprint density at radius 1 is 0.933 bits per heavy atom. The van der Waals surface area contributed by atoms with Gasteiger partial charge in [0.15, 0.2) is 0 Å². The van der Waals surface area contributed by atoms with Crippen molar-refractivity contribution in [3.05, 3.63) is 114 Å². The van der Waals surface area contributed by atoms with E-state index in [1.807, 2.05) is 44.3 Å². The van der Waals surface area contributed by atoms with Gasteiger partial charge < -0.3 is 4.98 Å². The second kappa shape index (κ2) is 14.8. The van der Waals surface area contributed by atoms with E-state index in [-0.39, 0.29) is 31.2 Å². The summed E-state index contributed by atoms with van der Waals surface area (Å²) >= 11 is -0.305. The Bertz CT molecular complexity index is 2080. The molecule has 3 aromatic carbocycles. The van der Waals surface area contributed by atoms with E-state index >= 15 is 0 Å². The number of halogens is 1. The zero-order valence-electron chi connectivity index (χ0n) is 30.8. The van der Waals surface area contributed by atoms with Gasteiger partial charge in [-0.3, -0.25) is 0 Å². The van der Waals surface area contributed by atoms with E-state index in [1.165, 1.54) is 36.2 Å². The molecule has 0 saturated heterocycles. The van der Waals surface area contributed by atoms with Gasteiger partial charge in [-0.15, -0.1) is 23.8 Å². The van der Waals surface area contributed by atoms with Gasteiger partial charge in [0.25, 0.3) is 0 Å². The molecule has 0 aliphatic carbocycles. The predicted molar refractivity (Wildman–Crippen MR) is 190 cm³/mol. The van der Waals surface area contributed by atoms with Crippen molar-refractivity contribution in [2.45, 2.75) is 64.1 Å². The average molecular weight is 858 g/mol. The van der Waals surface area contributed by atoms with Crippen LogP contribution >= 0.6 is 11.3 Å². The molecule has 0 N–H and O–H groups in total. The molecule has 0 unspecified atom stereocenters. The topological polar surface area (TPSA) is 25.8 Å². The maximum absolute atomic E-state index is 14.5. The Morgan fingerprint density at radius 3 is 2.38 bits per heavy atom. The van der Waals surface area contributed by atoms with Crippen LogP contribution in [0.1, 0.15) is 55.8 Å². The average Bonchev–Trinajstić information content (AvgIpc) is 3.39. The van der Waals surface area contributed by atoms with Crippen LogP contribution in [-0.4, -0.2) is 23.2 Å². The predicted octanol–water partition coefficient (Wildman–Crippen LogP) is 10.8. The van der Waals surface area contributed by atoms with E-state index in [1.54, 1.807) is 17.5 Å². The standard InChI is InChI=1S/C20H16NS.C19H25FGeN.Ir/c1-13(2)14-10-11-21-18(12-14)17-8-5-7-16-15-6-3-4-9-19(15)22-20(16)17;1-13(2)9-15-11-19(22-12-18(15)21(4,5)6)16-8-7-14(3)10-17(16)20;/h3-7,9-13H,1-2H3;7,10-13H,9H2,1-6H3;/q2*-1;/i13D;3D3;. The van der Waals surface area contributed by atoms with Crippen LogP contribution in [0, 0.1) is 30.7 Å². The molecule has 0 amide bonds. The normalized spacial score (nSPS) is 13.4. The molecule has 0 fully saturated rings. The molecule has 45 heavy (non-hydrogen) atoms. The molecule has 0 spiro atoms. The third-order valence-electron chi connectivity index (χ3n) is 7.51. The van der Waals surface area contributed by atoms with E-state index in [2.05, 4.69) is 83.5 Å². The van der Waals surface area contributed by atoms with Crippen LogP contribution in [0.5, 0.6) is 0 Å². The zero-order valence-corrected chi connectivity index (χ0v) is 32.1. The number of pyridine rings is 2. The molecule has 2 nitrogen and oxygen atoms in total. The van der Waals surface area contributed by atoms with Crippen LogP contribution in [0.25, 0.3) is 42.7 Å². The van der Waals surface area contributed by atoms with E-state index in [4.69, 9.17) is 5.48 Å². The van der Waals surface area contributed by atoms with Gasteiger partial charge in [0.1, 0.15) is 0 Å². The Labute approximate surface area is 293 Å². The minimum absolute atomic E-state index is 0. The number of hydrogen-bond acceptors (Lipinski definition) is 3. The molecular weight excluding hydrogens is 812 g/mol. The summed E-state index contributed by atoms with van der Waals surface area (Å²) in [6.45, 7) is 5.79. The quantitative estimate of drug-likeness (QED) is 0.123. The molecule has 1 radical (unpaired) electrons. The summed E-state index contributed by atoms with van der Waals surface area (Å²) in [4.78, 5) is 9.01. The van der Waals surface area contributed by atoms with Gasteiger partial charge in [-0.1, -0.05) is 49.1 Å². The van der Waals surface area contributed by atoms with E-state index in [9.17, 15) is 4.39 Å². The van der Waals surface area contributed by atoms with E-state index in [0.717, 1.165) is 29.3 Å². The van der Waals surface area contributed by atoms with Crippen molar-refractivity contribution in [2.24, 2.45) is 5.92 Å². The van der Waals surface area contributed by atoms with E-state index in [0.29, 0.717) is 11.6 Å². The summed E-state index contributed by atoms with van der Waals surface area (Å²) in [5.74, 6) is 6.22. The third kappa shape index (κ3) is 8.18. The van der Waals surface area contributed by atoms with Gasteiger partial charge >= 0.3 is 140 Å². The first-order chi connectivity index (χ1) is 22.4. The molecule has 0 saturated carbocycles. The van der Waals surface area contributed by atoms with Gasteiger partial charge in [-0.05, 0) is 33.8 Å². The number of rotatable bonds is 6. The number of fused-ring (bicyclic) bond motifs is 3.